The maximum atomic E-state index is 13.0. The number of fused-ring (bicyclic) bond motifs is 2. The second-order valence-electron chi connectivity index (χ2n) is 11.2. The zero-order valence-electron chi connectivity index (χ0n) is 22.4. The predicted octanol–water partition coefficient (Wildman–Crippen LogP) is 9.02. The lowest BCUT2D eigenvalue weighted by Gasteiger charge is -2.23. The molecule has 0 unspecified atom stereocenters. The molecule has 35 heavy (non-hydrogen) atoms. The van der Waals surface area contributed by atoms with Crippen LogP contribution >= 0.6 is 0 Å². The monoisotopic (exact) mass is 482 g/mol. The van der Waals surface area contributed by atoms with Crippen molar-refractivity contribution in [2.24, 2.45) is 11.8 Å². The molecule has 1 aliphatic heterocycles. The van der Waals surface area contributed by atoms with Crippen LogP contribution in [0.2, 0.25) is 0 Å². The molecule has 0 amide bonds. The Balaban J connectivity index is 1.16. The van der Waals surface area contributed by atoms with Crippen LogP contribution < -0.4 is 0 Å². The van der Waals surface area contributed by atoms with Gasteiger partial charge in [-0.2, -0.15) is 0 Å². The quantitative estimate of drug-likeness (QED) is 0.112. The van der Waals surface area contributed by atoms with Crippen LogP contribution in [-0.2, 0) is 16.0 Å². The number of rotatable bonds is 19. The Morgan fingerprint density at radius 1 is 0.743 bits per heavy atom. The topological polar surface area (TPSA) is 43.4 Å². The van der Waals surface area contributed by atoms with Crippen LogP contribution in [0.3, 0.4) is 0 Å². The third-order valence-corrected chi connectivity index (χ3v) is 8.28. The average Bonchev–Trinajstić information content (AvgIpc) is 3.16. The number of ether oxygens (including phenoxy) is 1. The Hall–Kier alpha value is -1.64. The highest BCUT2D eigenvalue weighted by Crippen LogP contribution is 2.40. The molecule has 3 heteroatoms. The van der Waals surface area contributed by atoms with Crippen LogP contribution in [0, 0.1) is 11.8 Å². The number of hydrogen-bond donors (Lipinski definition) is 0. The van der Waals surface area contributed by atoms with E-state index in [1.165, 1.54) is 108 Å². The van der Waals surface area contributed by atoms with Crippen LogP contribution in [0.4, 0.5) is 0 Å². The van der Waals surface area contributed by atoms with E-state index < -0.39 is 0 Å². The van der Waals surface area contributed by atoms with Gasteiger partial charge in [-0.15, -0.1) is 0 Å². The van der Waals surface area contributed by atoms with Gasteiger partial charge < -0.3 is 4.74 Å². The Labute approximate surface area is 214 Å². The molecule has 0 spiro atoms. The summed E-state index contributed by atoms with van der Waals surface area (Å²) in [5.41, 5.74) is 2.07. The van der Waals surface area contributed by atoms with Crippen molar-refractivity contribution >= 4 is 11.8 Å². The number of unbranched alkanes of at least 4 members (excludes halogenated alkanes) is 15. The fraction of sp³-hybridized carbons (Fsp3) is 0.750. The van der Waals surface area contributed by atoms with Gasteiger partial charge >= 0.3 is 5.97 Å². The van der Waals surface area contributed by atoms with Crippen LogP contribution in [0.25, 0.3) is 0 Å². The molecule has 196 valence electrons. The van der Waals surface area contributed by atoms with Crippen molar-refractivity contribution < 1.29 is 14.3 Å². The van der Waals surface area contributed by atoms with Gasteiger partial charge in [-0.05, 0) is 37.7 Å². The molecule has 3 atom stereocenters. The van der Waals surface area contributed by atoms with Crippen LogP contribution in [-0.4, -0.2) is 17.9 Å². The first kappa shape index (κ1) is 27.9. The first-order chi connectivity index (χ1) is 17.2. The van der Waals surface area contributed by atoms with Gasteiger partial charge in [0.05, 0.1) is 5.92 Å². The molecule has 1 aromatic rings. The second-order valence-corrected chi connectivity index (χ2v) is 11.2. The molecule has 2 fully saturated rings. The molecule has 1 aliphatic carbocycles. The third-order valence-electron chi connectivity index (χ3n) is 8.28. The van der Waals surface area contributed by atoms with Gasteiger partial charge in [0, 0.05) is 11.5 Å². The zero-order valence-corrected chi connectivity index (χ0v) is 22.4. The molecule has 2 aliphatic rings. The molecule has 1 saturated heterocycles. The number of benzene rings is 1. The fourth-order valence-corrected chi connectivity index (χ4v) is 5.99. The van der Waals surface area contributed by atoms with E-state index >= 15 is 0 Å². The van der Waals surface area contributed by atoms with Gasteiger partial charge in [0.1, 0.15) is 6.10 Å². The highest BCUT2D eigenvalue weighted by Gasteiger charge is 2.46. The third kappa shape index (κ3) is 9.73. The van der Waals surface area contributed by atoms with Gasteiger partial charge in [-0.3, -0.25) is 9.59 Å². The van der Waals surface area contributed by atoms with Crippen molar-refractivity contribution in [2.45, 2.75) is 141 Å². The summed E-state index contributed by atoms with van der Waals surface area (Å²) in [6, 6.07) is 8.15. The van der Waals surface area contributed by atoms with E-state index in [-0.39, 0.29) is 29.7 Å². The standard InChI is InChI=1S/C32H50O3/c1-2-3-4-5-6-7-8-9-10-11-12-13-14-15-16-17-18-26-19-21-27(22-20-26)31(33)29-24-23-28-25-30(29)32(34)35-28/h19-22,28-30H,2-18,23-25H2,1H3/t28-,29-,30-/m1/s1. The summed E-state index contributed by atoms with van der Waals surface area (Å²) >= 11 is 0. The van der Waals surface area contributed by atoms with E-state index in [0.29, 0.717) is 0 Å². The predicted molar refractivity (Wildman–Crippen MR) is 145 cm³/mol. The minimum absolute atomic E-state index is 0.0543. The van der Waals surface area contributed by atoms with Crippen LogP contribution in [0.1, 0.15) is 145 Å². The molecule has 3 nitrogen and oxygen atoms in total. The number of esters is 1. The number of aryl methyl sites for hydroxylation is 1. The Morgan fingerprint density at radius 2 is 1.26 bits per heavy atom. The fourth-order valence-electron chi connectivity index (χ4n) is 5.99. The van der Waals surface area contributed by atoms with Crippen molar-refractivity contribution in [1.29, 1.82) is 0 Å². The summed E-state index contributed by atoms with van der Waals surface area (Å²) in [6.07, 6.45) is 25.8. The maximum absolute atomic E-state index is 13.0. The van der Waals surface area contributed by atoms with Crippen molar-refractivity contribution in [3.8, 4) is 0 Å². The van der Waals surface area contributed by atoms with Crippen molar-refractivity contribution in [1.82, 2.24) is 0 Å². The largest absolute Gasteiger partial charge is 0.462 e. The van der Waals surface area contributed by atoms with E-state index in [9.17, 15) is 9.59 Å². The van der Waals surface area contributed by atoms with E-state index in [0.717, 1.165) is 31.2 Å². The van der Waals surface area contributed by atoms with E-state index in [1.807, 2.05) is 12.1 Å². The lowest BCUT2D eigenvalue weighted by Crippen LogP contribution is -2.29. The van der Waals surface area contributed by atoms with E-state index in [2.05, 4.69) is 19.1 Å². The van der Waals surface area contributed by atoms with Crippen molar-refractivity contribution in [2.75, 3.05) is 0 Å². The zero-order chi connectivity index (χ0) is 24.7. The SMILES string of the molecule is CCCCCCCCCCCCCCCCCCc1ccc(C(=O)[C@@H]2CC[C@@H]3C[C@H]2C(=O)O3)cc1. The van der Waals surface area contributed by atoms with Crippen LogP contribution in [0.15, 0.2) is 24.3 Å². The molecule has 1 saturated carbocycles. The summed E-state index contributed by atoms with van der Waals surface area (Å²) < 4.78 is 5.35. The van der Waals surface area contributed by atoms with Gasteiger partial charge in [0.25, 0.3) is 0 Å². The minimum atomic E-state index is -0.217. The number of hydrogen-bond acceptors (Lipinski definition) is 3. The lowest BCUT2D eigenvalue weighted by atomic mass is 9.76. The molecular formula is C32H50O3. The van der Waals surface area contributed by atoms with Gasteiger partial charge in [-0.1, -0.05) is 128 Å². The summed E-state index contributed by atoms with van der Waals surface area (Å²) in [5.74, 6) is -0.439. The molecular weight excluding hydrogens is 432 g/mol. The van der Waals surface area contributed by atoms with Crippen LogP contribution in [0.5, 0.6) is 0 Å². The highest BCUT2D eigenvalue weighted by molar-refractivity contribution is 6.00. The lowest BCUT2D eigenvalue weighted by molar-refractivity contribution is -0.143. The molecule has 0 radical (unpaired) electrons. The van der Waals surface area contributed by atoms with Crippen molar-refractivity contribution in [3.05, 3.63) is 35.4 Å². The molecule has 1 aromatic carbocycles. The Morgan fingerprint density at radius 3 is 1.80 bits per heavy atom. The second kappa shape index (κ2) is 16.2. The number of carbonyl (C=O) groups is 2. The first-order valence-electron chi connectivity index (χ1n) is 15.0. The molecule has 2 bridgehead atoms. The van der Waals surface area contributed by atoms with E-state index in [1.54, 1.807) is 0 Å². The Bertz CT molecular complexity index is 738. The van der Waals surface area contributed by atoms with Gasteiger partial charge in [0.15, 0.2) is 5.78 Å². The summed E-state index contributed by atoms with van der Waals surface area (Å²) in [6.45, 7) is 2.29. The maximum Gasteiger partial charge on any atom is 0.310 e. The van der Waals surface area contributed by atoms with Crippen molar-refractivity contribution in [3.63, 3.8) is 0 Å². The van der Waals surface area contributed by atoms with E-state index in [4.69, 9.17) is 4.74 Å². The normalized spacial score (nSPS) is 21.3. The summed E-state index contributed by atoms with van der Waals surface area (Å²) in [7, 11) is 0. The number of ketones is 1. The summed E-state index contributed by atoms with van der Waals surface area (Å²) in [5, 5.41) is 0. The first-order valence-corrected chi connectivity index (χ1v) is 15.0. The number of Topliss-reactive ketones (excluding diaryl/α,β-unsaturated/α-hetero) is 1. The smallest absolute Gasteiger partial charge is 0.310 e. The number of carbonyl (C=O) groups excluding carboxylic acids is 2. The Kier molecular flexibility index (Phi) is 12.9. The molecule has 0 aromatic heterocycles. The van der Waals surface area contributed by atoms with Gasteiger partial charge in [0.2, 0.25) is 0 Å². The molecule has 0 N–H and O–H groups in total. The minimum Gasteiger partial charge on any atom is -0.462 e. The van der Waals surface area contributed by atoms with Gasteiger partial charge in [-0.25, -0.2) is 0 Å². The molecule has 3 rings (SSSR count). The highest BCUT2D eigenvalue weighted by atomic mass is 16.6. The average molecular weight is 483 g/mol. The summed E-state index contributed by atoms with van der Waals surface area (Å²) in [4.78, 5) is 25.0. The molecule has 1 heterocycles.